The number of amides is 1. The van der Waals surface area contributed by atoms with Gasteiger partial charge in [-0.15, -0.1) is 10.2 Å². The number of aromatic nitrogens is 2. The zero-order valence-electron chi connectivity index (χ0n) is 15.2. The summed E-state index contributed by atoms with van der Waals surface area (Å²) in [6.45, 7) is 6.39. The summed E-state index contributed by atoms with van der Waals surface area (Å²) in [5.41, 5.74) is 0.916. The molecule has 1 aliphatic rings. The van der Waals surface area contributed by atoms with Crippen LogP contribution in [0.3, 0.4) is 0 Å². The fourth-order valence-electron chi connectivity index (χ4n) is 2.90. The maximum atomic E-state index is 13.9. The fraction of sp³-hybridized carbons (Fsp3) is 0.421. The van der Waals surface area contributed by atoms with Gasteiger partial charge >= 0.3 is 0 Å². The lowest BCUT2D eigenvalue weighted by atomic mass is 10.2. The smallest absolute Gasteiger partial charge is 0.274 e. The molecule has 1 aromatic heterocycles. The van der Waals surface area contributed by atoms with E-state index in [0.717, 1.165) is 6.42 Å². The van der Waals surface area contributed by atoms with Crippen molar-refractivity contribution >= 4 is 17.4 Å². The molecule has 1 N–H and O–H groups in total. The minimum Gasteiger partial charge on any atom is -0.366 e. The molecule has 1 unspecified atom stereocenters. The van der Waals surface area contributed by atoms with Crippen molar-refractivity contribution in [2.45, 2.75) is 26.3 Å². The lowest BCUT2D eigenvalue weighted by Crippen LogP contribution is -2.49. The minimum atomic E-state index is -0.234. The molecule has 26 heavy (non-hydrogen) atoms. The number of carbonyl (C=O) groups is 1. The third kappa shape index (κ3) is 4.09. The van der Waals surface area contributed by atoms with Crippen molar-refractivity contribution in [3.05, 3.63) is 47.9 Å². The van der Waals surface area contributed by atoms with Crippen LogP contribution in [-0.4, -0.2) is 53.2 Å². The Bertz CT molecular complexity index is 744. The van der Waals surface area contributed by atoms with Crippen molar-refractivity contribution in [3.63, 3.8) is 0 Å². The van der Waals surface area contributed by atoms with Crippen molar-refractivity contribution < 1.29 is 9.18 Å². The van der Waals surface area contributed by atoms with E-state index in [1.807, 2.05) is 11.0 Å². The quantitative estimate of drug-likeness (QED) is 0.892. The Labute approximate surface area is 153 Å². The molecule has 7 heteroatoms. The van der Waals surface area contributed by atoms with E-state index in [4.69, 9.17) is 0 Å². The van der Waals surface area contributed by atoms with Gasteiger partial charge in [-0.05, 0) is 37.6 Å². The molecule has 1 aromatic carbocycles. The first-order chi connectivity index (χ1) is 12.6. The largest absolute Gasteiger partial charge is 0.366 e. The second-order valence-corrected chi connectivity index (χ2v) is 6.49. The molecule has 6 nitrogen and oxygen atoms in total. The Hall–Kier alpha value is -2.70. The summed E-state index contributed by atoms with van der Waals surface area (Å²) in [6.07, 6.45) is 0.981. The summed E-state index contributed by atoms with van der Waals surface area (Å²) in [4.78, 5) is 16.3. The second-order valence-electron chi connectivity index (χ2n) is 6.49. The number of carbonyl (C=O) groups excluding carboxylic acids is 1. The van der Waals surface area contributed by atoms with E-state index in [9.17, 15) is 9.18 Å². The van der Waals surface area contributed by atoms with Crippen LogP contribution in [0.5, 0.6) is 0 Å². The molecule has 0 saturated carbocycles. The van der Waals surface area contributed by atoms with Gasteiger partial charge in [-0.1, -0.05) is 19.1 Å². The summed E-state index contributed by atoms with van der Waals surface area (Å²) in [6, 6.07) is 10.5. The minimum absolute atomic E-state index is 0.138. The molecular weight excluding hydrogens is 333 g/mol. The predicted octanol–water partition coefficient (Wildman–Crippen LogP) is 2.79. The standard InChI is InChI=1S/C19H24FN5O/c1-3-14(2)21-18-9-8-16(22-23-18)19(26)25-12-10-24(11-13-25)17-7-5-4-6-15(17)20/h4-9,14H,3,10-13H2,1-2H3,(H,21,23). The van der Waals surface area contributed by atoms with Gasteiger partial charge in [0.2, 0.25) is 0 Å². The fourth-order valence-corrected chi connectivity index (χ4v) is 2.90. The van der Waals surface area contributed by atoms with Crippen LogP contribution in [0.2, 0.25) is 0 Å². The molecule has 0 bridgehead atoms. The lowest BCUT2D eigenvalue weighted by Gasteiger charge is -2.36. The molecule has 2 aromatic rings. The third-order valence-corrected chi connectivity index (χ3v) is 4.65. The number of nitrogens with zero attached hydrogens (tertiary/aromatic N) is 4. The normalized spacial score (nSPS) is 15.7. The van der Waals surface area contributed by atoms with Gasteiger partial charge in [-0.25, -0.2) is 4.39 Å². The van der Waals surface area contributed by atoms with E-state index in [-0.39, 0.29) is 11.7 Å². The van der Waals surface area contributed by atoms with Gasteiger partial charge in [0.1, 0.15) is 11.6 Å². The van der Waals surface area contributed by atoms with Gasteiger partial charge in [-0.3, -0.25) is 4.79 Å². The molecule has 0 radical (unpaired) electrons. The van der Waals surface area contributed by atoms with Gasteiger partial charge in [0, 0.05) is 32.2 Å². The summed E-state index contributed by atoms with van der Waals surface area (Å²) >= 11 is 0. The summed E-state index contributed by atoms with van der Waals surface area (Å²) in [5, 5.41) is 11.4. The van der Waals surface area contributed by atoms with Crippen LogP contribution in [0, 0.1) is 5.82 Å². The number of halogens is 1. The first-order valence-electron chi connectivity index (χ1n) is 8.97. The molecule has 1 aliphatic heterocycles. The van der Waals surface area contributed by atoms with E-state index in [1.165, 1.54) is 6.07 Å². The highest BCUT2D eigenvalue weighted by molar-refractivity contribution is 5.92. The molecular formula is C19H24FN5O. The number of para-hydroxylation sites is 1. The van der Waals surface area contributed by atoms with Crippen molar-refractivity contribution in [3.8, 4) is 0 Å². The van der Waals surface area contributed by atoms with E-state index in [1.54, 1.807) is 29.2 Å². The van der Waals surface area contributed by atoms with E-state index in [0.29, 0.717) is 49.4 Å². The second kappa shape index (κ2) is 8.12. The number of piperazine rings is 1. The molecule has 3 rings (SSSR count). The van der Waals surface area contributed by atoms with Crippen molar-refractivity contribution in [1.82, 2.24) is 15.1 Å². The number of anilines is 2. The molecule has 138 valence electrons. The first-order valence-corrected chi connectivity index (χ1v) is 8.97. The highest BCUT2D eigenvalue weighted by Crippen LogP contribution is 2.20. The van der Waals surface area contributed by atoms with Crippen LogP contribution >= 0.6 is 0 Å². The highest BCUT2D eigenvalue weighted by Gasteiger charge is 2.24. The number of benzene rings is 1. The van der Waals surface area contributed by atoms with Crippen LogP contribution in [0.15, 0.2) is 36.4 Å². The highest BCUT2D eigenvalue weighted by atomic mass is 19.1. The number of hydrogen-bond acceptors (Lipinski definition) is 5. The maximum absolute atomic E-state index is 13.9. The van der Waals surface area contributed by atoms with E-state index >= 15 is 0 Å². The molecule has 0 aliphatic carbocycles. The molecule has 1 fully saturated rings. The SMILES string of the molecule is CCC(C)Nc1ccc(C(=O)N2CCN(c3ccccc3F)CC2)nn1. The van der Waals surface area contributed by atoms with Gasteiger partial charge in [0.25, 0.3) is 5.91 Å². The Morgan fingerprint density at radius 2 is 1.88 bits per heavy atom. The average molecular weight is 357 g/mol. The van der Waals surface area contributed by atoms with Gasteiger partial charge in [0.05, 0.1) is 5.69 Å². The Kier molecular flexibility index (Phi) is 5.65. The van der Waals surface area contributed by atoms with E-state index < -0.39 is 0 Å². The van der Waals surface area contributed by atoms with Crippen LogP contribution in [0.1, 0.15) is 30.8 Å². The molecule has 1 atom stereocenters. The lowest BCUT2D eigenvalue weighted by molar-refractivity contribution is 0.0739. The first kappa shape index (κ1) is 18.1. The predicted molar refractivity (Wildman–Crippen MR) is 99.9 cm³/mol. The topological polar surface area (TPSA) is 61.4 Å². The van der Waals surface area contributed by atoms with Crippen molar-refractivity contribution in [2.75, 3.05) is 36.4 Å². The molecule has 0 spiro atoms. The summed E-state index contributed by atoms with van der Waals surface area (Å²) < 4.78 is 13.9. The monoisotopic (exact) mass is 357 g/mol. The third-order valence-electron chi connectivity index (χ3n) is 4.65. The number of nitrogens with one attached hydrogen (secondary N) is 1. The van der Waals surface area contributed by atoms with Crippen LogP contribution in [0.25, 0.3) is 0 Å². The van der Waals surface area contributed by atoms with Gasteiger partial charge in [0.15, 0.2) is 5.69 Å². The Morgan fingerprint density at radius 1 is 1.15 bits per heavy atom. The summed E-state index contributed by atoms with van der Waals surface area (Å²) in [5.74, 6) is 0.295. The average Bonchev–Trinajstić information content (AvgIpc) is 2.68. The molecule has 2 heterocycles. The van der Waals surface area contributed by atoms with E-state index in [2.05, 4.69) is 29.4 Å². The Balaban J connectivity index is 1.59. The van der Waals surface area contributed by atoms with Crippen LogP contribution in [-0.2, 0) is 0 Å². The molecule has 1 saturated heterocycles. The van der Waals surface area contributed by atoms with Crippen molar-refractivity contribution in [2.24, 2.45) is 0 Å². The van der Waals surface area contributed by atoms with Crippen LogP contribution in [0.4, 0.5) is 15.9 Å². The zero-order chi connectivity index (χ0) is 18.5. The van der Waals surface area contributed by atoms with Crippen LogP contribution < -0.4 is 10.2 Å². The summed E-state index contributed by atoms with van der Waals surface area (Å²) in [7, 11) is 0. The maximum Gasteiger partial charge on any atom is 0.274 e. The van der Waals surface area contributed by atoms with Gasteiger partial charge < -0.3 is 15.1 Å². The van der Waals surface area contributed by atoms with Gasteiger partial charge in [-0.2, -0.15) is 0 Å². The number of hydrogen-bond donors (Lipinski definition) is 1. The molecule has 1 amide bonds. The number of rotatable bonds is 5. The van der Waals surface area contributed by atoms with Crippen molar-refractivity contribution in [1.29, 1.82) is 0 Å². The Morgan fingerprint density at radius 3 is 2.50 bits per heavy atom. The zero-order valence-corrected chi connectivity index (χ0v) is 15.2.